The molecule has 0 heteroatoms. The van der Waals surface area contributed by atoms with E-state index in [4.69, 9.17) is 0 Å². The molecule has 0 heterocycles. The predicted molar refractivity (Wildman–Crippen MR) is 82.8 cm³/mol. The molecule has 4 unspecified atom stereocenters. The Balaban J connectivity index is 2.94. The molecule has 0 spiro atoms. The molecule has 0 bridgehead atoms. The van der Waals surface area contributed by atoms with Gasteiger partial charge in [0, 0.05) is 0 Å². The molecule has 0 aromatic heterocycles. The average Bonchev–Trinajstić information content (AvgIpc) is 3.07. The van der Waals surface area contributed by atoms with E-state index in [1.807, 2.05) is 0 Å². The fourth-order valence-corrected chi connectivity index (χ4v) is 4.59. The first-order valence-corrected chi connectivity index (χ1v) is 8.35. The Labute approximate surface area is 116 Å². The first-order chi connectivity index (χ1) is 8.35. The summed E-state index contributed by atoms with van der Waals surface area (Å²) in [5, 5.41) is 0. The zero-order chi connectivity index (χ0) is 14.0. The molecule has 1 aliphatic rings. The predicted octanol–water partition coefficient (Wildman–Crippen LogP) is 6.30. The Morgan fingerprint density at radius 1 is 1.06 bits per heavy atom. The second kappa shape index (κ2) is 5.97. The van der Waals surface area contributed by atoms with Gasteiger partial charge >= 0.3 is 0 Å². The van der Waals surface area contributed by atoms with Gasteiger partial charge in [-0.1, -0.05) is 74.1 Å². The zero-order valence-electron chi connectivity index (χ0n) is 14.0. The van der Waals surface area contributed by atoms with Gasteiger partial charge < -0.3 is 0 Å². The van der Waals surface area contributed by atoms with Crippen molar-refractivity contribution in [1.82, 2.24) is 0 Å². The van der Waals surface area contributed by atoms with Gasteiger partial charge in [-0.15, -0.1) is 0 Å². The van der Waals surface area contributed by atoms with Crippen LogP contribution < -0.4 is 0 Å². The molecule has 0 nitrogen and oxygen atoms in total. The summed E-state index contributed by atoms with van der Waals surface area (Å²) >= 11 is 0. The molecular weight excluding hydrogens is 216 g/mol. The van der Waals surface area contributed by atoms with Crippen LogP contribution in [0.1, 0.15) is 87.0 Å². The van der Waals surface area contributed by atoms with Crippen molar-refractivity contribution >= 4 is 0 Å². The molecule has 18 heavy (non-hydrogen) atoms. The average molecular weight is 252 g/mol. The zero-order valence-corrected chi connectivity index (χ0v) is 14.0. The van der Waals surface area contributed by atoms with Gasteiger partial charge in [0.05, 0.1) is 0 Å². The molecule has 108 valence electrons. The summed E-state index contributed by atoms with van der Waals surface area (Å²) in [4.78, 5) is 0. The van der Waals surface area contributed by atoms with Gasteiger partial charge in [-0.2, -0.15) is 0 Å². The van der Waals surface area contributed by atoms with Gasteiger partial charge in [0.2, 0.25) is 0 Å². The normalized spacial score (nSPS) is 28.8. The van der Waals surface area contributed by atoms with Crippen molar-refractivity contribution in [2.45, 2.75) is 87.0 Å². The van der Waals surface area contributed by atoms with Gasteiger partial charge in [0.25, 0.3) is 0 Å². The molecule has 1 rings (SSSR count). The fraction of sp³-hybridized carbons (Fsp3) is 1.00. The van der Waals surface area contributed by atoms with Crippen molar-refractivity contribution in [1.29, 1.82) is 0 Å². The molecule has 0 aliphatic heterocycles. The second-order valence-electron chi connectivity index (χ2n) is 7.62. The largest absolute Gasteiger partial charge is 0.0654 e. The monoisotopic (exact) mass is 252 g/mol. The number of hydrogen-bond donors (Lipinski definition) is 0. The highest BCUT2D eigenvalue weighted by atomic mass is 14.6. The molecule has 0 radical (unpaired) electrons. The van der Waals surface area contributed by atoms with E-state index in [-0.39, 0.29) is 0 Å². The Bertz CT molecular complexity index is 249. The van der Waals surface area contributed by atoms with Crippen LogP contribution in [0.25, 0.3) is 0 Å². The van der Waals surface area contributed by atoms with Crippen molar-refractivity contribution in [2.75, 3.05) is 0 Å². The van der Waals surface area contributed by atoms with Crippen LogP contribution in [-0.2, 0) is 0 Å². The lowest BCUT2D eigenvalue weighted by Crippen LogP contribution is -2.43. The van der Waals surface area contributed by atoms with E-state index in [0.717, 1.165) is 17.8 Å². The number of hydrogen-bond acceptors (Lipinski definition) is 0. The minimum atomic E-state index is 0.491. The first kappa shape index (κ1) is 16.1. The molecule has 0 aromatic rings. The van der Waals surface area contributed by atoms with Crippen molar-refractivity contribution in [3.05, 3.63) is 0 Å². The van der Waals surface area contributed by atoms with Crippen LogP contribution in [0, 0.1) is 28.6 Å². The third-order valence-corrected chi connectivity index (χ3v) is 6.30. The standard InChI is InChI=1S/C18H36/c1-8-11-14(4)18(7,16-13-15(16)10-3)17(5,6)12-9-2/h14-16H,8-13H2,1-7H3. The van der Waals surface area contributed by atoms with Gasteiger partial charge in [0.15, 0.2) is 0 Å². The minimum Gasteiger partial charge on any atom is -0.0654 e. The van der Waals surface area contributed by atoms with E-state index in [0.29, 0.717) is 10.8 Å². The molecule has 1 saturated carbocycles. The van der Waals surface area contributed by atoms with E-state index in [1.165, 1.54) is 38.5 Å². The van der Waals surface area contributed by atoms with E-state index in [2.05, 4.69) is 48.5 Å². The minimum absolute atomic E-state index is 0.491. The van der Waals surface area contributed by atoms with Crippen LogP contribution in [0.15, 0.2) is 0 Å². The molecule has 1 aliphatic carbocycles. The molecule has 0 amide bonds. The molecule has 4 atom stereocenters. The maximum atomic E-state index is 2.61. The lowest BCUT2D eigenvalue weighted by atomic mass is 9.55. The summed E-state index contributed by atoms with van der Waals surface area (Å²) < 4.78 is 0. The van der Waals surface area contributed by atoms with Crippen molar-refractivity contribution < 1.29 is 0 Å². The van der Waals surface area contributed by atoms with E-state index in [9.17, 15) is 0 Å². The number of rotatable bonds is 8. The van der Waals surface area contributed by atoms with E-state index in [1.54, 1.807) is 0 Å². The molecule has 0 aromatic carbocycles. The van der Waals surface area contributed by atoms with Gasteiger partial charge in [0.1, 0.15) is 0 Å². The summed E-state index contributed by atoms with van der Waals surface area (Å²) in [6, 6.07) is 0. The summed E-state index contributed by atoms with van der Waals surface area (Å²) in [7, 11) is 0. The molecule has 0 N–H and O–H groups in total. The molecule has 0 saturated heterocycles. The molecular formula is C18H36. The smallest absolute Gasteiger partial charge is 0.0218 e. The van der Waals surface area contributed by atoms with Crippen molar-refractivity contribution in [3.63, 3.8) is 0 Å². The summed E-state index contributed by atoms with van der Waals surface area (Å²) in [5.74, 6) is 2.88. The lowest BCUT2D eigenvalue weighted by molar-refractivity contribution is -0.0125. The third kappa shape index (κ3) is 2.78. The fourth-order valence-electron chi connectivity index (χ4n) is 4.59. The van der Waals surface area contributed by atoms with Crippen molar-refractivity contribution in [3.8, 4) is 0 Å². The maximum Gasteiger partial charge on any atom is -0.0218 e. The first-order valence-electron chi connectivity index (χ1n) is 8.35. The Kier molecular flexibility index (Phi) is 5.32. The van der Waals surface area contributed by atoms with E-state index >= 15 is 0 Å². The van der Waals surface area contributed by atoms with Crippen LogP contribution in [0.5, 0.6) is 0 Å². The molecule has 1 fully saturated rings. The van der Waals surface area contributed by atoms with Gasteiger partial charge in [-0.3, -0.25) is 0 Å². The summed E-state index contributed by atoms with van der Waals surface area (Å²) in [6.45, 7) is 17.3. The highest BCUT2D eigenvalue weighted by Crippen LogP contribution is 2.64. The summed E-state index contributed by atoms with van der Waals surface area (Å²) in [6.07, 6.45) is 8.32. The van der Waals surface area contributed by atoms with E-state index < -0.39 is 0 Å². The van der Waals surface area contributed by atoms with Gasteiger partial charge in [-0.25, -0.2) is 0 Å². The topological polar surface area (TPSA) is 0 Å². The third-order valence-electron chi connectivity index (χ3n) is 6.30. The summed E-state index contributed by atoms with van der Waals surface area (Å²) in [5.41, 5.74) is 1.03. The van der Waals surface area contributed by atoms with Crippen LogP contribution >= 0.6 is 0 Å². The SMILES string of the molecule is CCCC(C)C(C)(C1CC1CC)C(C)(C)CCC. The van der Waals surface area contributed by atoms with Crippen LogP contribution in [0.4, 0.5) is 0 Å². The highest BCUT2D eigenvalue weighted by Gasteiger charge is 2.57. The van der Waals surface area contributed by atoms with Gasteiger partial charge in [-0.05, 0) is 41.4 Å². The Morgan fingerprint density at radius 2 is 1.67 bits per heavy atom. The Hall–Kier alpha value is 0. The quantitative estimate of drug-likeness (QED) is 0.475. The van der Waals surface area contributed by atoms with Crippen molar-refractivity contribution in [2.24, 2.45) is 28.6 Å². The van der Waals surface area contributed by atoms with Crippen LogP contribution in [-0.4, -0.2) is 0 Å². The Morgan fingerprint density at radius 3 is 2.06 bits per heavy atom. The maximum absolute atomic E-state index is 2.61. The van der Waals surface area contributed by atoms with Crippen LogP contribution in [0.2, 0.25) is 0 Å². The second-order valence-corrected chi connectivity index (χ2v) is 7.62. The lowest BCUT2D eigenvalue weighted by Gasteiger charge is -2.50. The highest BCUT2D eigenvalue weighted by molar-refractivity contribution is 5.05. The van der Waals surface area contributed by atoms with Crippen LogP contribution in [0.3, 0.4) is 0 Å².